The second kappa shape index (κ2) is 6.79. The molecule has 0 rings (SSSR count). The molecule has 0 aromatic carbocycles. The number of carbonyl (C=O) groups is 2. The first-order chi connectivity index (χ1) is 7.06. The summed E-state index contributed by atoms with van der Waals surface area (Å²) in [6, 6.07) is 0.641. The van der Waals surface area contributed by atoms with Gasteiger partial charge in [-0.15, -0.1) is 11.6 Å². The molecule has 1 unspecified atom stereocenters. The molecule has 82 valence electrons. The van der Waals surface area contributed by atoms with Crippen molar-refractivity contribution >= 4 is 29.3 Å². The van der Waals surface area contributed by atoms with Gasteiger partial charge in [-0.3, -0.25) is 4.79 Å². The number of rotatable bonds is 4. The van der Waals surface area contributed by atoms with E-state index < -0.39 is 17.9 Å². The number of nitrogens with zero attached hydrogens (tertiary/aromatic N) is 2. The molecule has 0 aromatic rings. The van der Waals surface area contributed by atoms with Gasteiger partial charge in [-0.1, -0.05) is 0 Å². The number of primary amides is 1. The maximum atomic E-state index is 11.2. The van der Waals surface area contributed by atoms with E-state index in [2.05, 4.69) is 9.73 Å². The van der Waals surface area contributed by atoms with Crippen LogP contribution in [0.5, 0.6) is 0 Å². The molecule has 6 nitrogen and oxygen atoms in total. The normalized spacial score (nSPS) is 12.7. The van der Waals surface area contributed by atoms with Crippen LogP contribution in [-0.4, -0.2) is 30.2 Å². The number of amides is 2. The summed E-state index contributed by atoms with van der Waals surface area (Å²) < 4.78 is 4.61. The second-order valence-corrected chi connectivity index (χ2v) is 2.66. The Hall–Kier alpha value is -1.61. The summed E-state index contributed by atoms with van der Waals surface area (Å²) in [5, 5.41) is 8.70. The van der Waals surface area contributed by atoms with Gasteiger partial charge in [-0.2, -0.15) is 10.3 Å². The number of esters is 1. The predicted octanol–water partition coefficient (Wildman–Crippen LogP) is 0.448. The van der Waals surface area contributed by atoms with Crippen LogP contribution in [-0.2, 0) is 9.53 Å². The van der Waals surface area contributed by atoms with Gasteiger partial charge in [0.25, 0.3) is 0 Å². The third-order valence-electron chi connectivity index (χ3n) is 1.38. The number of ether oxygens (including phenoxy) is 1. The Labute approximate surface area is 91.7 Å². The summed E-state index contributed by atoms with van der Waals surface area (Å²) in [5.41, 5.74) is 4.68. The molecule has 0 aromatic heterocycles. The average Bonchev–Trinajstić information content (AvgIpc) is 2.17. The number of carbonyl (C=O) groups excluding carboxylic acids is 2. The molecule has 7 heteroatoms. The van der Waals surface area contributed by atoms with Gasteiger partial charge in [-0.05, 0) is 6.92 Å². The van der Waals surface area contributed by atoms with Gasteiger partial charge in [-0.25, -0.2) is 4.79 Å². The molecule has 0 saturated heterocycles. The number of nitriles is 1. The Morgan fingerprint density at radius 2 is 2.27 bits per heavy atom. The van der Waals surface area contributed by atoms with Crippen LogP contribution in [0.1, 0.15) is 6.92 Å². The fourth-order valence-electron chi connectivity index (χ4n) is 0.802. The number of hydrogen-bond donors (Lipinski definition) is 1. The number of aliphatic imine (C=N–C) groups is 1. The maximum Gasteiger partial charge on any atom is 0.338 e. The van der Waals surface area contributed by atoms with E-state index in [-0.39, 0.29) is 18.2 Å². The molecule has 0 aliphatic heterocycles. The van der Waals surface area contributed by atoms with E-state index in [9.17, 15) is 9.59 Å². The lowest BCUT2D eigenvalue weighted by atomic mass is 10.1. The fraction of sp³-hybridized carbons (Fsp3) is 0.500. The van der Waals surface area contributed by atoms with E-state index >= 15 is 0 Å². The smallest absolute Gasteiger partial charge is 0.338 e. The first-order valence-electron chi connectivity index (χ1n) is 4.05. The van der Waals surface area contributed by atoms with Crippen LogP contribution < -0.4 is 5.73 Å². The number of halogens is 1. The van der Waals surface area contributed by atoms with Crippen molar-refractivity contribution < 1.29 is 14.3 Å². The first kappa shape index (κ1) is 13.4. The van der Waals surface area contributed by atoms with Gasteiger partial charge in [0.05, 0.1) is 24.3 Å². The Morgan fingerprint density at radius 1 is 1.67 bits per heavy atom. The fourth-order valence-corrected chi connectivity index (χ4v) is 1.02. The predicted molar refractivity (Wildman–Crippen MR) is 53.5 cm³/mol. The van der Waals surface area contributed by atoms with Crippen LogP contribution in [0.3, 0.4) is 0 Å². The zero-order valence-corrected chi connectivity index (χ0v) is 8.82. The summed E-state index contributed by atoms with van der Waals surface area (Å²) >= 11 is 5.43. The third kappa shape index (κ3) is 4.42. The molecular formula is C8H10ClN3O3. The summed E-state index contributed by atoms with van der Waals surface area (Å²) in [4.78, 5) is 25.0. The lowest BCUT2D eigenvalue weighted by Gasteiger charge is -2.08. The van der Waals surface area contributed by atoms with Gasteiger partial charge < -0.3 is 10.5 Å². The standard InChI is InChI=1S/C8H10ClN3O3/c1-2-15-7(13)5(4-10)6(3-9)12-8(11)14/h5H,2-3H2,1H3,(H2,11,14). The number of nitrogens with two attached hydrogens (primary N) is 1. The van der Waals surface area contributed by atoms with Crippen molar-refractivity contribution in [2.75, 3.05) is 12.5 Å². The van der Waals surface area contributed by atoms with Crippen LogP contribution in [0.25, 0.3) is 0 Å². The van der Waals surface area contributed by atoms with Crippen molar-refractivity contribution in [3.8, 4) is 6.07 Å². The van der Waals surface area contributed by atoms with Gasteiger partial charge >= 0.3 is 12.0 Å². The molecule has 0 bridgehead atoms. The number of hydrogen-bond acceptors (Lipinski definition) is 4. The third-order valence-corrected chi connectivity index (χ3v) is 1.65. The van der Waals surface area contributed by atoms with Crippen molar-refractivity contribution in [3.05, 3.63) is 0 Å². The highest BCUT2D eigenvalue weighted by Crippen LogP contribution is 2.04. The lowest BCUT2D eigenvalue weighted by molar-refractivity contribution is -0.143. The molecule has 0 aliphatic rings. The molecule has 0 spiro atoms. The molecule has 0 radical (unpaired) electrons. The van der Waals surface area contributed by atoms with Crippen molar-refractivity contribution in [1.82, 2.24) is 0 Å². The Morgan fingerprint density at radius 3 is 2.60 bits per heavy atom. The molecule has 2 N–H and O–H groups in total. The molecule has 0 aliphatic carbocycles. The summed E-state index contributed by atoms with van der Waals surface area (Å²) in [7, 11) is 0. The lowest BCUT2D eigenvalue weighted by Crippen LogP contribution is -2.27. The van der Waals surface area contributed by atoms with Crippen LogP contribution in [0.15, 0.2) is 4.99 Å². The minimum atomic E-state index is -1.28. The zero-order chi connectivity index (χ0) is 11.8. The van der Waals surface area contributed by atoms with Crippen LogP contribution >= 0.6 is 11.6 Å². The maximum absolute atomic E-state index is 11.2. The monoisotopic (exact) mass is 231 g/mol. The molecule has 0 heterocycles. The molecule has 1 atom stereocenters. The van der Waals surface area contributed by atoms with Gasteiger partial charge in [0.1, 0.15) is 0 Å². The largest absolute Gasteiger partial charge is 0.465 e. The average molecular weight is 232 g/mol. The van der Waals surface area contributed by atoms with Crippen LogP contribution in [0, 0.1) is 17.2 Å². The van der Waals surface area contributed by atoms with E-state index in [0.717, 1.165) is 0 Å². The summed E-state index contributed by atoms with van der Waals surface area (Å²) in [5.74, 6) is -2.31. The van der Waals surface area contributed by atoms with E-state index in [1.807, 2.05) is 0 Å². The highest BCUT2D eigenvalue weighted by atomic mass is 35.5. The molecule has 0 saturated carbocycles. The number of urea groups is 1. The number of alkyl halides is 1. The minimum Gasteiger partial charge on any atom is -0.465 e. The summed E-state index contributed by atoms with van der Waals surface area (Å²) in [6.45, 7) is 1.72. The Balaban J connectivity index is 4.86. The quantitative estimate of drug-likeness (QED) is 0.431. The molecular weight excluding hydrogens is 222 g/mol. The SMILES string of the molecule is CCOC(=O)C(C#N)C(CCl)=NC(N)=O. The summed E-state index contributed by atoms with van der Waals surface area (Å²) in [6.07, 6.45) is 0. The van der Waals surface area contributed by atoms with E-state index in [0.29, 0.717) is 0 Å². The zero-order valence-electron chi connectivity index (χ0n) is 8.07. The highest BCUT2D eigenvalue weighted by molar-refractivity contribution is 6.32. The highest BCUT2D eigenvalue weighted by Gasteiger charge is 2.25. The molecule has 2 amide bonds. The van der Waals surface area contributed by atoms with Crippen LogP contribution in [0.2, 0.25) is 0 Å². The van der Waals surface area contributed by atoms with Crippen molar-refractivity contribution in [1.29, 1.82) is 5.26 Å². The Kier molecular flexibility index (Phi) is 6.06. The minimum absolute atomic E-state index is 0.106. The van der Waals surface area contributed by atoms with Gasteiger partial charge in [0.15, 0.2) is 5.92 Å². The van der Waals surface area contributed by atoms with Crippen LogP contribution in [0.4, 0.5) is 4.79 Å². The topological polar surface area (TPSA) is 106 Å². The van der Waals surface area contributed by atoms with Crippen molar-refractivity contribution in [2.45, 2.75) is 6.92 Å². The van der Waals surface area contributed by atoms with Crippen molar-refractivity contribution in [2.24, 2.45) is 16.6 Å². The van der Waals surface area contributed by atoms with Crippen molar-refractivity contribution in [3.63, 3.8) is 0 Å². The van der Waals surface area contributed by atoms with Gasteiger partial charge in [0, 0.05) is 0 Å². The molecule has 15 heavy (non-hydrogen) atoms. The Bertz CT molecular complexity index is 322. The first-order valence-corrected chi connectivity index (χ1v) is 4.59. The van der Waals surface area contributed by atoms with Gasteiger partial charge in [0.2, 0.25) is 0 Å². The van der Waals surface area contributed by atoms with E-state index in [1.54, 1.807) is 13.0 Å². The molecule has 0 fully saturated rings. The van der Waals surface area contributed by atoms with E-state index in [4.69, 9.17) is 22.6 Å². The van der Waals surface area contributed by atoms with E-state index in [1.165, 1.54) is 0 Å². The second-order valence-electron chi connectivity index (χ2n) is 2.39.